The lowest BCUT2D eigenvalue weighted by atomic mass is 10.1. The van der Waals surface area contributed by atoms with Gasteiger partial charge in [-0.15, -0.1) is 0 Å². The molecule has 2 amide bonds. The topological polar surface area (TPSA) is 95.6 Å². The first kappa shape index (κ1) is 21.4. The lowest BCUT2D eigenvalue weighted by Crippen LogP contribution is -2.29. The summed E-state index contributed by atoms with van der Waals surface area (Å²) in [6, 6.07) is 14.5. The van der Waals surface area contributed by atoms with E-state index in [1.807, 2.05) is 30.3 Å². The molecule has 2 N–H and O–H groups in total. The Labute approximate surface area is 165 Å². The van der Waals surface area contributed by atoms with Gasteiger partial charge in [0.15, 0.2) is 0 Å². The van der Waals surface area contributed by atoms with Crippen molar-refractivity contribution >= 4 is 33.2 Å². The number of carbonyl (C=O) groups excluding carboxylic acids is 2. The molecule has 0 aliphatic heterocycles. The highest BCUT2D eigenvalue weighted by atomic mass is 32.2. The molecule has 0 aliphatic rings. The van der Waals surface area contributed by atoms with Gasteiger partial charge in [-0.3, -0.25) is 14.3 Å². The van der Waals surface area contributed by atoms with Gasteiger partial charge in [-0.1, -0.05) is 30.3 Å². The molecule has 0 fully saturated rings. The quantitative estimate of drug-likeness (QED) is 0.708. The zero-order chi connectivity index (χ0) is 20.7. The zero-order valence-electron chi connectivity index (χ0n) is 16.2. The van der Waals surface area contributed by atoms with Crippen molar-refractivity contribution in [1.82, 2.24) is 4.90 Å². The molecule has 0 bridgehead atoms. The van der Waals surface area contributed by atoms with E-state index in [2.05, 4.69) is 10.0 Å². The van der Waals surface area contributed by atoms with Crippen LogP contribution < -0.4 is 10.0 Å². The van der Waals surface area contributed by atoms with Crippen LogP contribution in [0.4, 0.5) is 11.4 Å². The maximum Gasteiger partial charge on any atom is 0.255 e. The van der Waals surface area contributed by atoms with Gasteiger partial charge in [0, 0.05) is 26.2 Å². The molecule has 0 atom stereocenters. The Bertz CT molecular complexity index is 943. The lowest BCUT2D eigenvalue weighted by molar-refractivity contribution is -0.114. The number of nitrogens with one attached hydrogen (secondary N) is 2. The summed E-state index contributed by atoms with van der Waals surface area (Å²) < 4.78 is 25.6. The molecule has 0 radical (unpaired) electrons. The van der Waals surface area contributed by atoms with E-state index in [1.165, 1.54) is 24.6 Å². The Hall–Kier alpha value is -2.87. The number of aryl methyl sites for hydroxylation is 1. The van der Waals surface area contributed by atoms with Crippen molar-refractivity contribution in [2.24, 2.45) is 0 Å². The Balaban J connectivity index is 2.16. The summed E-state index contributed by atoms with van der Waals surface area (Å²) in [5.74, 6) is -0.607. The van der Waals surface area contributed by atoms with Gasteiger partial charge in [-0.2, -0.15) is 0 Å². The summed E-state index contributed by atoms with van der Waals surface area (Å²) >= 11 is 0. The van der Waals surface area contributed by atoms with Crippen molar-refractivity contribution in [2.45, 2.75) is 19.8 Å². The van der Waals surface area contributed by atoms with Gasteiger partial charge in [0.2, 0.25) is 15.9 Å². The van der Waals surface area contributed by atoms with E-state index in [1.54, 1.807) is 18.0 Å². The Morgan fingerprint density at radius 3 is 2.36 bits per heavy atom. The predicted octanol–water partition coefficient (Wildman–Crippen LogP) is 2.72. The van der Waals surface area contributed by atoms with E-state index < -0.39 is 10.0 Å². The van der Waals surface area contributed by atoms with Crippen molar-refractivity contribution < 1.29 is 18.0 Å². The Kier molecular flexibility index (Phi) is 7.17. The van der Waals surface area contributed by atoms with Crippen LogP contribution in [0.1, 0.15) is 29.3 Å². The molecule has 0 aliphatic carbocycles. The average molecular weight is 404 g/mol. The zero-order valence-corrected chi connectivity index (χ0v) is 17.0. The molecule has 0 aromatic heterocycles. The molecule has 28 heavy (non-hydrogen) atoms. The van der Waals surface area contributed by atoms with Gasteiger partial charge in [-0.25, -0.2) is 8.42 Å². The van der Waals surface area contributed by atoms with Gasteiger partial charge in [0.25, 0.3) is 5.91 Å². The number of hydrogen-bond donors (Lipinski definition) is 2. The largest absolute Gasteiger partial charge is 0.342 e. The monoisotopic (exact) mass is 403 g/mol. The summed E-state index contributed by atoms with van der Waals surface area (Å²) in [5.41, 5.74) is 1.97. The summed E-state index contributed by atoms with van der Waals surface area (Å²) in [5, 5.41) is 2.61. The summed E-state index contributed by atoms with van der Waals surface area (Å²) in [4.78, 5) is 25.8. The smallest absolute Gasteiger partial charge is 0.255 e. The molecule has 0 saturated carbocycles. The van der Waals surface area contributed by atoms with E-state index in [-0.39, 0.29) is 23.1 Å². The summed E-state index contributed by atoms with van der Waals surface area (Å²) in [7, 11) is -1.89. The van der Waals surface area contributed by atoms with Crippen LogP contribution in [0.5, 0.6) is 0 Å². The normalized spacial score (nSPS) is 11.0. The third kappa shape index (κ3) is 6.70. The van der Waals surface area contributed by atoms with E-state index in [0.29, 0.717) is 12.2 Å². The Morgan fingerprint density at radius 2 is 1.75 bits per heavy atom. The summed E-state index contributed by atoms with van der Waals surface area (Å²) in [6.45, 7) is 1.87. The fourth-order valence-electron chi connectivity index (χ4n) is 2.76. The molecule has 0 saturated heterocycles. The number of hydrogen-bond acceptors (Lipinski definition) is 4. The lowest BCUT2D eigenvalue weighted by Gasteiger charge is -2.20. The number of rotatable bonds is 8. The molecule has 0 heterocycles. The average Bonchev–Trinajstić information content (AvgIpc) is 2.61. The predicted molar refractivity (Wildman–Crippen MR) is 111 cm³/mol. The fourth-order valence-corrected chi connectivity index (χ4v) is 3.34. The number of carbonyl (C=O) groups is 2. The summed E-state index contributed by atoms with van der Waals surface area (Å²) in [6.07, 6.45) is 2.62. The van der Waals surface area contributed by atoms with Crippen molar-refractivity contribution in [3.05, 3.63) is 59.7 Å². The van der Waals surface area contributed by atoms with Crippen LogP contribution in [-0.2, 0) is 21.2 Å². The minimum atomic E-state index is -3.56. The van der Waals surface area contributed by atoms with Crippen LogP contribution in [0.15, 0.2) is 48.5 Å². The molecule has 7 nitrogen and oxygen atoms in total. The van der Waals surface area contributed by atoms with Crippen molar-refractivity contribution in [1.29, 1.82) is 0 Å². The molecule has 8 heteroatoms. The molecule has 150 valence electrons. The van der Waals surface area contributed by atoms with Gasteiger partial charge in [0.1, 0.15) is 0 Å². The second-order valence-corrected chi connectivity index (χ2v) is 8.38. The van der Waals surface area contributed by atoms with Gasteiger partial charge < -0.3 is 10.2 Å². The molecule has 0 spiro atoms. The maximum atomic E-state index is 12.9. The number of benzene rings is 2. The number of sulfonamides is 1. The molecule has 0 unspecified atom stereocenters. The highest BCUT2D eigenvalue weighted by Gasteiger charge is 2.19. The first-order valence-electron chi connectivity index (χ1n) is 8.84. The number of nitrogens with zero attached hydrogens (tertiary/aromatic N) is 1. The third-order valence-electron chi connectivity index (χ3n) is 4.01. The molecule has 2 aromatic carbocycles. The van der Waals surface area contributed by atoms with Gasteiger partial charge in [0.05, 0.1) is 17.5 Å². The van der Waals surface area contributed by atoms with Crippen molar-refractivity contribution in [2.75, 3.05) is 29.9 Å². The van der Waals surface area contributed by atoms with E-state index in [9.17, 15) is 18.0 Å². The first-order chi connectivity index (χ1) is 13.2. The minimum Gasteiger partial charge on any atom is -0.342 e. The highest BCUT2D eigenvalue weighted by molar-refractivity contribution is 7.92. The van der Waals surface area contributed by atoms with Crippen molar-refractivity contribution in [3.63, 3.8) is 0 Å². The minimum absolute atomic E-state index is 0.177. The number of amides is 2. The Morgan fingerprint density at radius 1 is 1.07 bits per heavy atom. The SMILES string of the molecule is CC(=O)Nc1ccc(NS(C)(=O)=O)c(C(=O)N(C)CCCc2ccccc2)c1. The first-order valence-corrected chi connectivity index (χ1v) is 10.7. The van der Waals surface area contributed by atoms with Crippen molar-refractivity contribution in [3.8, 4) is 0 Å². The van der Waals surface area contributed by atoms with Crippen LogP contribution in [0.25, 0.3) is 0 Å². The fraction of sp³-hybridized carbons (Fsp3) is 0.300. The van der Waals surface area contributed by atoms with Gasteiger partial charge in [-0.05, 0) is 36.6 Å². The van der Waals surface area contributed by atoms with Crippen LogP contribution in [0, 0.1) is 0 Å². The van der Waals surface area contributed by atoms with Gasteiger partial charge >= 0.3 is 0 Å². The molecule has 2 aromatic rings. The van der Waals surface area contributed by atoms with Crippen LogP contribution in [0.3, 0.4) is 0 Å². The van der Waals surface area contributed by atoms with E-state index >= 15 is 0 Å². The molecular formula is C20H25N3O4S. The van der Waals surface area contributed by atoms with E-state index in [0.717, 1.165) is 19.1 Å². The van der Waals surface area contributed by atoms with E-state index in [4.69, 9.17) is 0 Å². The van der Waals surface area contributed by atoms with Crippen LogP contribution in [0.2, 0.25) is 0 Å². The van der Waals surface area contributed by atoms with Crippen LogP contribution in [-0.4, -0.2) is 45.0 Å². The van der Waals surface area contributed by atoms with Crippen LogP contribution >= 0.6 is 0 Å². The second-order valence-electron chi connectivity index (χ2n) is 6.63. The standard InChI is InChI=1S/C20H25N3O4S/c1-15(24)21-17-11-12-19(22-28(3,26)27)18(14-17)20(25)23(2)13-7-10-16-8-5-4-6-9-16/h4-6,8-9,11-12,14,22H,7,10,13H2,1-3H3,(H,21,24). The second kappa shape index (κ2) is 9.36. The number of anilines is 2. The molecular weight excluding hydrogens is 378 g/mol. The molecule has 2 rings (SSSR count). The maximum absolute atomic E-state index is 12.9. The third-order valence-corrected chi connectivity index (χ3v) is 4.60. The highest BCUT2D eigenvalue weighted by Crippen LogP contribution is 2.23.